The summed E-state index contributed by atoms with van der Waals surface area (Å²) in [5.74, 6) is 0. The molecular formula is C30H25N. The van der Waals surface area contributed by atoms with Gasteiger partial charge in [0.15, 0.2) is 0 Å². The van der Waals surface area contributed by atoms with Crippen LogP contribution in [0.3, 0.4) is 0 Å². The Balaban J connectivity index is 1.62. The Morgan fingerprint density at radius 3 is 2.00 bits per heavy atom. The summed E-state index contributed by atoms with van der Waals surface area (Å²) in [4.78, 5) is 0. The van der Waals surface area contributed by atoms with Crippen molar-refractivity contribution in [2.45, 2.75) is 6.92 Å². The third-order valence-corrected chi connectivity index (χ3v) is 6.01. The summed E-state index contributed by atoms with van der Waals surface area (Å²) >= 11 is 0. The maximum atomic E-state index is 4.23. The number of dihydropyridines is 1. The first-order chi connectivity index (χ1) is 15.3. The maximum Gasteiger partial charge on any atom is 0.0328 e. The number of fused-ring (bicyclic) bond motifs is 6. The van der Waals surface area contributed by atoms with Crippen LogP contribution < -0.4 is 5.32 Å². The van der Waals surface area contributed by atoms with Crippen molar-refractivity contribution in [1.82, 2.24) is 5.32 Å². The molecule has 1 heterocycles. The van der Waals surface area contributed by atoms with E-state index in [1.165, 1.54) is 43.5 Å². The summed E-state index contributed by atoms with van der Waals surface area (Å²) in [6.45, 7) is 7.19. The molecule has 0 saturated heterocycles. The van der Waals surface area contributed by atoms with Crippen molar-refractivity contribution in [3.05, 3.63) is 127 Å². The van der Waals surface area contributed by atoms with Crippen LogP contribution in [-0.2, 0) is 0 Å². The molecule has 0 saturated carbocycles. The number of benzene rings is 4. The van der Waals surface area contributed by atoms with Crippen molar-refractivity contribution in [2.24, 2.45) is 0 Å². The highest BCUT2D eigenvalue weighted by molar-refractivity contribution is 6.25. The topological polar surface area (TPSA) is 12.0 Å². The number of rotatable bonds is 4. The molecule has 0 atom stereocenters. The number of hydrogen-bond donors (Lipinski definition) is 1. The first kappa shape index (κ1) is 19.1. The first-order valence-electron chi connectivity index (χ1n) is 10.7. The molecule has 1 aliphatic heterocycles. The van der Waals surface area contributed by atoms with Gasteiger partial charge in [0.2, 0.25) is 0 Å². The van der Waals surface area contributed by atoms with E-state index in [-0.39, 0.29) is 0 Å². The van der Waals surface area contributed by atoms with Gasteiger partial charge in [-0.2, -0.15) is 0 Å². The fourth-order valence-electron chi connectivity index (χ4n) is 4.40. The monoisotopic (exact) mass is 399 g/mol. The highest BCUT2D eigenvalue weighted by atomic mass is 14.8. The molecule has 0 amide bonds. The summed E-state index contributed by atoms with van der Waals surface area (Å²) in [5.41, 5.74) is 4.52. The van der Waals surface area contributed by atoms with Crippen LogP contribution in [0, 0.1) is 0 Å². The molecule has 150 valence electrons. The van der Waals surface area contributed by atoms with E-state index in [0.29, 0.717) is 0 Å². The van der Waals surface area contributed by atoms with Gasteiger partial charge in [-0.25, -0.2) is 0 Å². The van der Waals surface area contributed by atoms with E-state index in [1.54, 1.807) is 0 Å². The SMILES string of the molecule is C=C(/C=C\C(=C/C)c1ccc2c3ccccc3c3ccccc3c2c1)C1=CNCC=C1. The van der Waals surface area contributed by atoms with E-state index in [2.05, 4.69) is 116 Å². The Bertz CT molecular complexity index is 1410. The Hall–Kier alpha value is -3.84. The Morgan fingerprint density at radius 1 is 0.806 bits per heavy atom. The van der Waals surface area contributed by atoms with E-state index in [9.17, 15) is 0 Å². The number of allylic oxidation sites excluding steroid dienone is 7. The molecule has 31 heavy (non-hydrogen) atoms. The van der Waals surface area contributed by atoms with Crippen LogP contribution in [0.25, 0.3) is 37.9 Å². The lowest BCUT2D eigenvalue weighted by molar-refractivity contribution is 0.959. The fourth-order valence-corrected chi connectivity index (χ4v) is 4.40. The molecule has 0 bridgehead atoms. The Morgan fingerprint density at radius 2 is 1.42 bits per heavy atom. The predicted octanol–water partition coefficient (Wildman–Crippen LogP) is 7.71. The quantitative estimate of drug-likeness (QED) is 0.274. The number of hydrogen-bond acceptors (Lipinski definition) is 1. The lowest BCUT2D eigenvalue weighted by atomic mass is 9.92. The van der Waals surface area contributed by atoms with E-state index in [1.807, 2.05) is 6.20 Å². The lowest BCUT2D eigenvalue weighted by Gasteiger charge is -2.12. The molecule has 0 aromatic heterocycles. The minimum atomic E-state index is 0.875. The largest absolute Gasteiger partial charge is 0.387 e. The van der Waals surface area contributed by atoms with Gasteiger partial charge in [0.25, 0.3) is 0 Å². The van der Waals surface area contributed by atoms with Crippen LogP contribution in [-0.4, -0.2) is 6.54 Å². The Labute approximate surface area is 183 Å². The van der Waals surface area contributed by atoms with Crippen LogP contribution in [0.1, 0.15) is 12.5 Å². The second kappa shape index (κ2) is 8.12. The van der Waals surface area contributed by atoms with Gasteiger partial charge in [0.1, 0.15) is 0 Å². The normalized spacial score (nSPS) is 14.4. The molecule has 0 unspecified atom stereocenters. The zero-order valence-corrected chi connectivity index (χ0v) is 17.7. The van der Waals surface area contributed by atoms with Crippen LogP contribution >= 0.6 is 0 Å². The van der Waals surface area contributed by atoms with Crippen molar-refractivity contribution in [3.8, 4) is 0 Å². The van der Waals surface area contributed by atoms with Gasteiger partial charge >= 0.3 is 0 Å². The van der Waals surface area contributed by atoms with E-state index < -0.39 is 0 Å². The fraction of sp³-hybridized carbons (Fsp3) is 0.0667. The van der Waals surface area contributed by atoms with Crippen LogP contribution in [0.15, 0.2) is 121 Å². The minimum absolute atomic E-state index is 0.875. The second-order valence-electron chi connectivity index (χ2n) is 7.86. The summed E-state index contributed by atoms with van der Waals surface area (Å²) in [6.07, 6.45) is 12.7. The summed E-state index contributed by atoms with van der Waals surface area (Å²) in [7, 11) is 0. The van der Waals surface area contributed by atoms with E-state index >= 15 is 0 Å². The van der Waals surface area contributed by atoms with Crippen molar-refractivity contribution >= 4 is 37.9 Å². The maximum absolute atomic E-state index is 4.23. The molecule has 0 spiro atoms. The molecule has 1 heteroatoms. The molecule has 1 nitrogen and oxygen atoms in total. The third-order valence-electron chi connectivity index (χ3n) is 6.01. The average molecular weight is 400 g/mol. The minimum Gasteiger partial charge on any atom is -0.387 e. The second-order valence-corrected chi connectivity index (χ2v) is 7.86. The molecule has 0 aliphatic carbocycles. The van der Waals surface area contributed by atoms with Gasteiger partial charge in [-0.15, -0.1) is 0 Å². The molecule has 5 rings (SSSR count). The molecule has 1 N–H and O–H groups in total. The molecule has 4 aromatic carbocycles. The Kier molecular flexibility index (Phi) is 5.01. The summed E-state index contributed by atoms with van der Waals surface area (Å²) < 4.78 is 0. The highest BCUT2D eigenvalue weighted by Crippen LogP contribution is 2.36. The highest BCUT2D eigenvalue weighted by Gasteiger charge is 2.09. The van der Waals surface area contributed by atoms with Crippen molar-refractivity contribution in [2.75, 3.05) is 6.54 Å². The lowest BCUT2D eigenvalue weighted by Crippen LogP contribution is -2.09. The van der Waals surface area contributed by atoms with Crippen LogP contribution in [0.2, 0.25) is 0 Å². The molecule has 1 aliphatic rings. The predicted molar refractivity (Wildman–Crippen MR) is 136 cm³/mol. The third kappa shape index (κ3) is 3.49. The average Bonchev–Trinajstić information content (AvgIpc) is 2.85. The van der Waals surface area contributed by atoms with Gasteiger partial charge in [0.05, 0.1) is 0 Å². The summed E-state index contributed by atoms with van der Waals surface area (Å²) in [6, 6.07) is 24.2. The van der Waals surface area contributed by atoms with Gasteiger partial charge in [-0.1, -0.05) is 97.6 Å². The zero-order valence-electron chi connectivity index (χ0n) is 17.7. The standard InChI is InChI=1S/C30H25N/c1-3-22(15-14-21(2)24-9-8-18-31-20-24)23-16-17-29-27-12-5-4-10-25(27)26-11-6-7-13-28(26)30(29)19-23/h3-17,19-20,31H,2,18H2,1H3/b15-14-,22-3+. The van der Waals surface area contributed by atoms with Crippen molar-refractivity contribution in [3.63, 3.8) is 0 Å². The van der Waals surface area contributed by atoms with E-state index in [0.717, 1.165) is 17.7 Å². The summed E-state index contributed by atoms with van der Waals surface area (Å²) in [5, 5.41) is 11.0. The van der Waals surface area contributed by atoms with Gasteiger partial charge in [-0.05, 0) is 67.6 Å². The van der Waals surface area contributed by atoms with Gasteiger partial charge in [0, 0.05) is 12.7 Å². The zero-order chi connectivity index (χ0) is 21.2. The van der Waals surface area contributed by atoms with Crippen molar-refractivity contribution < 1.29 is 0 Å². The number of nitrogens with one attached hydrogen (secondary N) is 1. The van der Waals surface area contributed by atoms with Gasteiger partial charge < -0.3 is 5.32 Å². The molecule has 0 fully saturated rings. The molecule has 4 aromatic rings. The molecule has 0 radical (unpaired) electrons. The van der Waals surface area contributed by atoms with Gasteiger partial charge in [-0.3, -0.25) is 0 Å². The van der Waals surface area contributed by atoms with E-state index in [4.69, 9.17) is 0 Å². The smallest absolute Gasteiger partial charge is 0.0328 e. The first-order valence-corrected chi connectivity index (χ1v) is 10.7. The molecular weight excluding hydrogens is 374 g/mol. The van der Waals surface area contributed by atoms with Crippen molar-refractivity contribution in [1.29, 1.82) is 0 Å². The van der Waals surface area contributed by atoms with Crippen LogP contribution in [0.4, 0.5) is 0 Å². The van der Waals surface area contributed by atoms with Crippen LogP contribution in [0.5, 0.6) is 0 Å².